The van der Waals surface area contributed by atoms with Gasteiger partial charge in [0, 0.05) is 23.9 Å². The Labute approximate surface area is 178 Å². The molecule has 0 unspecified atom stereocenters. The van der Waals surface area contributed by atoms with E-state index in [-0.39, 0.29) is 12.3 Å². The lowest BCUT2D eigenvalue weighted by Crippen LogP contribution is -2.22. The Hall–Kier alpha value is -3.50. The molecule has 0 radical (unpaired) electrons. The number of hydrogen-bond acceptors (Lipinski definition) is 7. The van der Waals surface area contributed by atoms with E-state index >= 15 is 0 Å². The van der Waals surface area contributed by atoms with Crippen LogP contribution in [0.15, 0.2) is 48.5 Å². The number of rotatable bonds is 7. The second-order valence-corrected chi connectivity index (χ2v) is 8.78. The third-order valence-electron chi connectivity index (χ3n) is 4.80. The Morgan fingerprint density at radius 2 is 1.94 bits per heavy atom. The van der Waals surface area contributed by atoms with Crippen molar-refractivity contribution in [2.75, 3.05) is 24.7 Å². The zero-order chi connectivity index (χ0) is 22.0. The maximum absolute atomic E-state index is 11.9. The van der Waals surface area contributed by atoms with Gasteiger partial charge in [0.05, 0.1) is 23.8 Å². The summed E-state index contributed by atoms with van der Waals surface area (Å²) >= 11 is 0. The number of fused-ring (bicyclic) bond motifs is 3. The number of ether oxygens (including phenoxy) is 1. The molecule has 0 amide bonds. The fourth-order valence-corrected chi connectivity index (χ4v) is 3.77. The Bertz CT molecular complexity index is 1370. The van der Waals surface area contributed by atoms with Gasteiger partial charge in [-0.1, -0.05) is 36.4 Å². The number of primary sulfonamides is 1. The highest BCUT2D eigenvalue weighted by Gasteiger charge is 2.16. The average Bonchev–Trinajstić information content (AvgIpc) is 3.10. The lowest BCUT2D eigenvalue weighted by molar-refractivity contribution is 0.0601. The predicted octanol–water partition coefficient (Wildman–Crippen LogP) is 2.19. The highest BCUT2D eigenvalue weighted by Crippen LogP contribution is 2.30. The Morgan fingerprint density at radius 3 is 2.65 bits per heavy atom. The van der Waals surface area contributed by atoms with Gasteiger partial charge < -0.3 is 15.0 Å². The molecular formula is C21H21N5O4S. The molecule has 0 saturated heterocycles. The van der Waals surface area contributed by atoms with Gasteiger partial charge in [0.25, 0.3) is 0 Å². The largest absolute Gasteiger partial charge is 0.465 e. The van der Waals surface area contributed by atoms with Crippen LogP contribution < -0.4 is 10.5 Å². The van der Waals surface area contributed by atoms with Crippen LogP contribution in [0.5, 0.6) is 0 Å². The summed E-state index contributed by atoms with van der Waals surface area (Å²) in [6.45, 7) is 0.0998. The predicted molar refractivity (Wildman–Crippen MR) is 118 cm³/mol. The van der Waals surface area contributed by atoms with E-state index in [1.54, 1.807) is 18.2 Å². The molecule has 4 rings (SSSR count). The van der Waals surface area contributed by atoms with Crippen LogP contribution in [-0.2, 0) is 21.2 Å². The number of hydrogen-bond donors (Lipinski definition) is 3. The summed E-state index contributed by atoms with van der Waals surface area (Å²) in [5.41, 5.74) is 2.72. The van der Waals surface area contributed by atoms with E-state index in [0.29, 0.717) is 40.2 Å². The van der Waals surface area contributed by atoms with Crippen LogP contribution in [0.1, 0.15) is 21.7 Å². The third kappa shape index (κ3) is 4.65. The number of nitrogens with two attached hydrogens (primary N) is 1. The van der Waals surface area contributed by atoms with Crippen molar-refractivity contribution in [3.8, 4) is 0 Å². The molecule has 0 fully saturated rings. The molecule has 0 aliphatic rings. The molecule has 0 atom stereocenters. The fraction of sp³-hybridized carbons (Fsp3) is 0.190. The zero-order valence-corrected chi connectivity index (χ0v) is 17.6. The molecule has 4 N–H and O–H groups in total. The monoisotopic (exact) mass is 439 g/mol. The zero-order valence-electron chi connectivity index (χ0n) is 16.8. The first-order chi connectivity index (χ1) is 14.8. The van der Waals surface area contributed by atoms with E-state index < -0.39 is 16.0 Å². The lowest BCUT2D eigenvalue weighted by Gasteiger charge is -2.09. The molecule has 31 heavy (non-hydrogen) atoms. The second kappa shape index (κ2) is 8.32. The molecule has 9 nitrogen and oxygen atoms in total. The summed E-state index contributed by atoms with van der Waals surface area (Å²) < 4.78 is 27.5. The van der Waals surface area contributed by atoms with E-state index in [4.69, 9.17) is 9.88 Å². The van der Waals surface area contributed by atoms with Crippen LogP contribution in [0.2, 0.25) is 0 Å². The van der Waals surface area contributed by atoms with Crippen LogP contribution in [0.25, 0.3) is 21.9 Å². The summed E-state index contributed by atoms with van der Waals surface area (Å²) in [7, 11) is -2.29. The number of H-pyrrole nitrogens is 1. The van der Waals surface area contributed by atoms with E-state index in [1.165, 1.54) is 7.11 Å². The quantitative estimate of drug-likeness (QED) is 0.375. The first kappa shape index (κ1) is 20.8. The summed E-state index contributed by atoms with van der Waals surface area (Å²) in [5, 5.41) is 9.70. The number of benzene rings is 2. The van der Waals surface area contributed by atoms with Crippen LogP contribution >= 0.6 is 0 Å². The minimum absolute atomic E-state index is 0.0998. The molecular weight excluding hydrogens is 418 g/mol. The van der Waals surface area contributed by atoms with Crippen LogP contribution in [0, 0.1) is 0 Å². The van der Waals surface area contributed by atoms with Crippen molar-refractivity contribution in [3.63, 3.8) is 0 Å². The molecule has 2 heterocycles. The number of carbonyl (C=O) groups is 1. The van der Waals surface area contributed by atoms with Crippen molar-refractivity contribution >= 4 is 43.7 Å². The van der Waals surface area contributed by atoms with Gasteiger partial charge in [0.1, 0.15) is 17.3 Å². The van der Waals surface area contributed by atoms with Crippen molar-refractivity contribution in [1.29, 1.82) is 0 Å². The molecule has 0 bridgehead atoms. The van der Waals surface area contributed by atoms with Crippen molar-refractivity contribution in [1.82, 2.24) is 15.0 Å². The topological polar surface area (TPSA) is 140 Å². The van der Waals surface area contributed by atoms with Crippen molar-refractivity contribution in [2.24, 2.45) is 5.14 Å². The van der Waals surface area contributed by atoms with Crippen LogP contribution in [0.3, 0.4) is 0 Å². The minimum atomic E-state index is -3.62. The standard InChI is InChI=1S/C21H21N5O4S/c1-30-21(27)14-7-8-15-16(12-14)24-20-18(15)19(23-9-10-31(22,28)29)25-17(26-20)11-13-5-3-2-4-6-13/h2-8,12H,9-11H2,1H3,(H2,22,28,29)(H2,23,24,25,26). The number of anilines is 1. The first-order valence-electron chi connectivity index (χ1n) is 9.53. The number of methoxy groups -OCH3 is 1. The number of nitrogens with one attached hydrogen (secondary N) is 2. The van der Waals surface area contributed by atoms with Gasteiger partial charge in [-0.05, 0) is 17.7 Å². The molecule has 0 spiro atoms. The third-order valence-corrected chi connectivity index (χ3v) is 5.58. The molecule has 4 aromatic rings. The number of carbonyl (C=O) groups excluding carboxylic acids is 1. The summed E-state index contributed by atoms with van der Waals surface area (Å²) in [6, 6.07) is 14.9. The SMILES string of the molecule is COC(=O)c1ccc2c(c1)[nH]c1nc(Cc3ccccc3)nc(NCCS(N)(=O)=O)c12. The van der Waals surface area contributed by atoms with Crippen molar-refractivity contribution in [2.45, 2.75) is 6.42 Å². The molecule has 10 heteroatoms. The van der Waals surface area contributed by atoms with E-state index in [1.807, 2.05) is 30.3 Å². The summed E-state index contributed by atoms with van der Waals surface area (Å²) in [5.74, 6) is 0.387. The molecule has 0 aliphatic heterocycles. The van der Waals surface area contributed by atoms with E-state index in [2.05, 4.69) is 20.3 Å². The van der Waals surface area contributed by atoms with Crippen LogP contribution in [0.4, 0.5) is 5.82 Å². The number of esters is 1. The van der Waals surface area contributed by atoms with Gasteiger partial charge >= 0.3 is 5.97 Å². The Kier molecular flexibility index (Phi) is 5.57. The molecule has 2 aromatic carbocycles. The minimum Gasteiger partial charge on any atom is -0.465 e. The number of aromatic amines is 1. The Balaban J connectivity index is 1.81. The second-order valence-electron chi connectivity index (χ2n) is 7.05. The first-order valence-corrected chi connectivity index (χ1v) is 11.2. The van der Waals surface area contributed by atoms with E-state index in [0.717, 1.165) is 10.9 Å². The maximum Gasteiger partial charge on any atom is 0.337 e. The fourth-order valence-electron chi connectivity index (χ4n) is 3.39. The number of nitrogens with zero attached hydrogens (tertiary/aromatic N) is 2. The molecule has 0 saturated carbocycles. The van der Waals surface area contributed by atoms with Gasteiger partial charge in [-0.3, -0.25) is 0 Å². The molecule has 160 valence electrons. The smallest absolute Gasteiger partial charge is 0.337 e. The van der Waals surface area contributed by atoms with Gasteiger partial charge in [-0.25, -0.2) is 28.3 Å². The summed E-state index contributed by atoms with van der Waals surface area (Å²) in [6.07, 6.45) is 0.503. The average molecular weight is 439 g/mol. The van der Waals surface area contributed by atoms with E-state index in [9.17, 15) is 13.2 Å². The number of aromatic nitrogens is 3. The maximum atomic E-state index is 11.9. The molecule has 2 aromatic heterocycles. The Morgan fingerprint density at radius 1 is 1.16 bits per heavy atom. The summed E-state index contributed by atoms with van der Waals surface area (Å²) in [4.78, 5) is 24.4. The molecule has 0 aliphatic carbocycles. The lowest BCUT2D eigenvalue weighted by atomic mass is 10.1. The normalized spacial score (nSPS) is 11.7. The highest BCUT2D eigenvalue weighted by molar-refractivity contribution is 7.89. The van der Waals surface area contributed by atoms with Crippen molar-refractivity contribution in [3.05, 3.63) is 65.5 Å². The van der Waals surface area contributed by atoms with Crippen molar-refractivity contribution < 1.29 is 17.9 Å². The van der Waals surface area contributed by atoms with Crippen LogP contribution in [-0.4, -0.2) is 48.7 Å². The van der Waals surface area contributed by atoms with Gasteiger partial charge in [0.15, 0.2) is 0 Å². The van der Waals surface area contributed by atoms with Gasteiger partial charge in [0.2, 0.25) is 10.0 Å². The number of sulfonamides is 1. The highest BCUT2D eigenvalue weighted by atomic mass is 32.2. The van der Waals surface area contributed by atoms with Gasteiger partial charge in [-0.2, -0.15) is 0 Å². The van der Waals surface area contributed by atoms with Gasteiger partial charge in [-0.15, -0.1) is 0 Å².